The molecule has 0 saturated heterocycles. The van der Waals surface area contributed by atoms with Crippen molar-refractivity contribution in [1.29, 1.82) is 0 Å². The SMILES string of the molecule is NS(=O)(=O)CC(CC(F)F)c1ccccc1. The van der Waals surface area contributed by atoms with Crippen molar-refractivity contribution in [2.24, 2.45) is 5.14 Å². The lowest BCUT2D eigenvalue weighted by atomic mass is 9.98. The van der Waals surface area contributed by atoms with E-state index in [1.165, 1.54) is 0 Å². The molecule has 0 spiro atoms. The fraction of sp³-hybridized carbons (Fsp3) is 0.400. The lowest BCUT2D eigenvalue weighted by Gasteiger charge is -2.15. The molecule has 1 aromatic rings. The summed E-state index contributed by atoms with van der Waals surface area (Å²) in [6, 6.07) is 8.34. The molecule has 1 rings (SSSR count). The van der Waals surface area contributed by atoms with Crippen molar-refractivity contribution in [3.05, 3.63) is 35.9 Å². The molecule has 6 heteroatoms. The number of sulfonamides is 1. The number of hydrogen-bond acceptors (Lipinski definition) is 2. The van der Waals surface area contributed by atoms with Gasteiger partial charge in [0, 0.05) is 12.3 Å². The van der Waals surface area contributed by atoms with Crippen molar-refractivity contribution in [1.82, 2.24) is 0 Å². The van der Waals surface area contributed by atoms with Crippen LogP contribution in [0.15, 0.2) is 30.3 Å². The zero-order valence-electron chi connectivity index (χ0n) is 8.51. The minimum atomic E-state index is -3.75. The van der Waals surface area contributed by atoms with Crippen LogP contribution in [0.1, 0.15) is 17.9 Å². The Labute approximate surface area is 93.3 Å². The van der Waals surface area contributed by atoms with Gasteiger partial charge in [0.2, 0.25) is 16.4 Å². The van der Waals surface area contributed by atoms with E-state index in [1.54, 1.807) is 30.3 Å². The molecule has 0 aliphatic heterocycles. The number of rotatable bonds is 5. The quantitative estimate of drug-likeness (QED) is 0.863. The van der Waals surface area contributed by atoms with Crippen LogP contribution in [0.2, 0.25) is 0 Å². The van der Waals surface area contributed by atoms with Gasteiger partial charge < -0.3 is 0 Å². The van der Waals surface area contributed by atoms with Gasteiger partial charge in [-0.3, -0.25) is 0 Å². The summed E-state index contributed by atoms with van der Waals surface area (Å²) in [4.78, 5) is 0. The van der Waals surface area contributed by atoms with Crippen LogP contribution in [0.4, 0.5) is 8.78 Å². The summed E-state index contributed by atoms with van der Waals surface area (Å²) in [6.07, 6.45) is -3.05. The predicted molar refractivity (Wildman–Crippen MR) is 57.8 cm³/mol. The highest BCUT2D eigenvalue weighted by molar-refractivity contribution is 7.89. The summed E-state index contributed by atoms with van der Waals surface area (Å²) in [5.74, 6) is -1.21. The maximum absolute atomic E-state index is 12.3. The molecular weight excluding hydrogens is 236 g/mol. The minimum Gasteiger partial charge on any atom is -0.229 e. The van der Waals surface area contributed by atoms with Gasteiger partial charge in [-0.1, -0.05) is 30.3 Å². The molecular formula is C10H13F2NO2S. The van der Waals surface area contributed by atoms with E-state index in [4.69, 9.17) is 5.14 Å². The first-order chi connectivity index (χ1) is 7.38. The second-order valence-corrected chi connectivity index (χ2v) is 5.22. The van der Waals surface area contributed by atoms with E-state index in [1.807, 2.05) is 0 Å². The first-order valence-corrected chi connectivity index (χ1v) is 6.43. The van der Waals surface area contributed by atoms with Gasteiger partial charge in [-0.25, -0.2) is 22.3 Å². The van der Waals surface area contributed by atoms with Crippen LogP contribution in [0, 0.1) is 0 Å². The Morgan fingerprint density at radius 3 is 2.19 bits per heavy atom. The van der Waals surface area contributed by atoms with Crippen LogP contribution >= 0.6 is 0 Å². The number of hydrogen-bond donors (Lipinski definition) is 1. The standard InChI is InChI=1S/C10H13F2NO2S/c11-10(12)6-9(7-16(13,14)15)8-4-2-1-3-5-8/h1-5,9-10H,6-7H2,(H2,13,14,15). The van der Waals surface area contributed by atoms with Gasteiger partial charge in [-0.05, 0) is 5.56 Å². The van der Waals surface area contributed by atoms with Gasteiger partial charge in [0.1, 0.15) is 0 Å². The third-order valence-electron chi connectivity index (χ3n) is 2.17. The van der Waals surface area contributed by atoms with Crippen LogP contribution in [-0.4, -0.2) is 20.6 Å². The van der Waals surface area contributed by atoms with Gasteiger partial charge >= 0.3 is 0 Å². The number of halogens is 2. The monoisotopic (exact) mass is 249 g/mol. The minimum absolute atomic E-state index is 0.457. The summed E-state index contributed by atoms with van der Waals surface area (Å²) >= 11 is 0. The Morgan fingerprint density at radius 1 is 1.19 bits per heavy atom. The van der Waals surface area contributed by atoms with Gasteiger partial charge in [0.15, 0.2) is 0 Å². The van der Waals surface area contributed by atoms with Gasteiger partial charge in [0.25, 0.3) is 0 Å². The molecule has 90 valence electrons. The first-order valence-electron chi connectivity index (χ1n) is 4.72. The predicted octanol–water partition coefficient (Wildman–Crippen LogP) is 1.71. The smallest absolute Gasteiger partial charge is 0.229 e. The van der Waals surface area contributed by atoms with E-state index in [-0.39, 0.29) is 0 Å². The van der Waals surface area contributed by atoms with Crippen LogP contribution in [-0.2, 0) is 10.0 Å². The third kappa shape index (κ3) is 4.67. The topological polar surface area (TPSA) is 60.2 Å². The third-order valence-corrected chi connectivity index (χ3v) is 3.03. The maximum Gasteiger partial charge on any atom is 0.239 e. The molecule has 0 bridgehead atoms. The molecule has 0 aliphatic rings. The molecule has 2 N–H and O–H groups in total. The molecule has 1 aromatic carbocycles. The molecule has 3 nitrogen and oxygen atoms in total. The highest BCUT2D eigenvalue weighted by atomic mass is 32.2. The van der Waals surface area contributed by atoms with E-state index >= 15 is 0 Å². The van der Waals surface area contributed by atoms with Gasteiger partial charge in [0.05, 0.1) is 5.75 Å². The van der Waals surface area contributed by atoms with Crippen molar-refractivity contribution in [2.75, 3.05) is 5.75 Å². The average Bonchev–Trinajstić information content (AvgIpc) is 2.15. The zero-order chi connectivity index (χ0) is 12.2. The summed E-state index contributed by atoms with van der Waals surface area (Å²) in [5.41, 5.74) is 0.567. The fourth-order valence-electron chi connectivity index (χ4n) is 1.52. The molecule has 0 radical (unpaired) electrons. The van der Waals surface area contributed by atoms with Gasteiger partial charge in [-0.15, -0.1) is 0 Å². The van der Waals surface area contributed by atoms with Crippen molar-refractivity contribution in [3.8, 4) is 0 Å². The van der Waals surface area contributed by atoms with Crippen molar-refractivity contribution in [2.45, 2.75) is 18.8 Å². The Balaban J connectivity index is 2.88. The Hall–Kier alpha value is -1.01. The van der Waals surface area contributed by atoms with Crippen LogP contribution in [0.3, 0.4) is 0 Å². The van der Waals surface area contributed by atoms with Crippen LogP contribution < -0.4 is 5.14 Å². The molecule has 0 heterocycles. The molecule has 0 fully saturated rings. The highest BCUT2D eigenvalue weighted by Crippen LogP contribution is 2.24. The second kappa shape index (κ2) is 5.36. The highest BCUT2D eigenvalue weighted by Gasteiger charge is 2.21. The molecule has 16 heavy (non-hydrogen) atoms. The normalized spacial score (nSPS) is 14.0. The summed E-state index contributed by atoms with van der Waals surface area (Å²) in [7, 11) is -3.75. The van der Waals surface area contributed by atoms with Gasteiger partial charge in [-0.2, -0.15) is 0 Å². The zero-order valence-corrected chi connectivity index (χ0v) is 9.33. The van der Waals surface area contributed by atoms with E-state index in [9.17, 15) is 17.2 Å². The number of nitrogens with two attached hydrogens (primary N) is 1. The molecule has 0 aliphatic carbocycles. The van der Waals surface area contributed by atoms with Crippen LogP contribution in [0.5, 0.6) is 0 Å². The largest absolute Gasteiger partial charge is 0.239 e. The molecule has 0 amide bonds. The molecule has 0 aromatic heterocycles. The fourth-order valence-corrected chi connectivity index (χ4v) is 2.41. The number of alkyl halides is 2. The summed E-state index contributed by atoms with van der Waals surface area (Å²) in [6.45, 7) is 0. The maximum atomic E-state index is 12.3. The van der Waals surface area contributed by atoms with E-state index in [0.29, 0.717) is 5.56 Å². The number of benzene rings is 1. The number of primary sulfonamides is 1. The van der Waals surface area contributed by atoms with E-state index in [2.05, 4.69) is 0 Å². The Morgan fingerprint density at radius 2 is 1.75 bits per heavy atom. The lowest BCUT2D eigenvalue weighted by molar-refractivity contribution is 0.130. The van der Waals surface area contributed by atoms with Crippen molar-refractivity contribution >= 4 is 10.0 Å². The lowest BCUT2D eigenvalue weighted by Crippen LogP contribution is -2.23. The Bertz CT molecular complexity index is 420. The second-order valence-electron chi connectivity index (χ2n) is 3.56. The molecule has 0 saturated carbocycles. The average molecular weight is 249 g/mol. The van der Waals surface area contributed by atoms with Crippen LogP contribution in [0.25, 0.3) is 0 Å². The first kappa shape index (κ1) is 13.1. The molecule has 1 unspecified atom stereocenters. The van der Waals surface area contributed by atoms with Crippen molar-refractivity contribution in [3.63, 3.8) is 0 Å². The van der Waals surface area contributed by atoms with E-state index in [0.717, 1.165) is 0 Å². The summed E-state index contributed by atoms with van der Waals surface area (Å²) < 4.78 is 46.5. The van der Waals surface area contributed by atoms with Crippen molar-refractivity contribution < 1.29 is 17.2 Å². The summed E-state index contributed by atoms with van der Waals surface area (Å²) in [5, 5.41) is 4.88. The Kier molecular flexibility index (Phi) is 4.37. The molecule has 1 atom stereocenters. The van der Waals surface area contributed by atoms with E-state index < -0.39 is 34.5 Å².